The first-order chi connectivity index (χ1) is 14.6. The summed E-state index contributed by atoms with van der Waals surface area (Å²) in [4.78, 5) is 48.4. The number of hydrogen-bond donors (Lipinski definition) is 3. The van der Waals surface area contributed by atoms with Crippen molar-refractivity contribution in [2.24, 2.45) is 11.8 Å². The summed E-state index contributed by atoms with van der Waals surface area (Å²) >= 11 is 0. The average molecular weight is 423 g/mol. The maximum atomic E-state index is 12.8. The molecule has 0 spiro atoms. The third-order valence-corrected chi connectivity index (χ3v) is 5.00. The first-order valence-electron chi connectivity index (χ1n) is 10.3. The summed E-state index contributed by atoms with van der Waals surface area (Å²) in [5.41, 5.74) is 0.380. The van der Waals surface area contributed by atoms with Gasteiger partial charge in [-0.1, -0.05) is 44.2 Å². The number of benzene rings is 1. The molecule has 31 heavy (non-hydrogen) atoms. The molecule has 162 valence electrons. The molecule has 2 rings (SSSR count). The molecule has 0 aliphatic carbocycles. The zero-order chi connectivity index (χ0) is 23.0. The zero-order valence-corrected chi connectivity index (χ0v) is 17.8. The van der Waals surface area contributed by atoms with Crippen LogP contribution in [0.4, 0.5) is 4.79 Å². The van der Waals surface area contributed by atoms with Gasteiger partial charge in [0.05, 0.1) is 11.4 Å². The molecule has 1 heterocycles. The molecule has 1 saturated heterocycles. The number of rotatable bonds is 10. The van der Waals surface area contributed by atoms with Gasteiger partial charge < -0.3 is 25.5 Å². The third kappa shape index (κ3) is 7.45. The molecule has 1 aliphatic rings. The van der Waals surface area contributed by atoms with Crippen LogP contribution in [0, 0.1) is 11.8 Å². The number of hydrogen-bond acceptors (Lipinski definition) is 5. The molecule has 0 aromatic heterocycles. The number of carbonyl (C=O) groups is 4. The van der Waals surface area contributed by atoms with Crippen molar-refractivity contribution in [1.82, 2.24) is 16.0 Å². The Kier molecular flexibility index (Phi) is 8.71. The van der Waals surface area contributed by atoms with Gasteiger partial charge in [0.25, 0.3) is 0 Å². The Morgan fingerprint density at radius 3 is 2.48 bits per heavy atom. The van der Waals surface area contributed by atoms with Crippen LogP contribution in [0.5, 0.6) is 0 Å². The highest BCUT2D eigenvalue weighted by Crippen LogP contribution is 2.19. The largest absolute Gasteiger partial charge is 0.459 e. The van der Waals surface area contributed by atoms with Crippen LogP contribution in [0.25, 0.3) is 0 Å². The van der Waals surface area contributed by atoms with Gasteiger partial charge in [0.2, 0.25) is 11.8 Å². The van der Waals surface area contributed by atoms with Gasteiger partial charge in [-0.15, -0.1) is 0 Å². The fraction of sp³-hybridized carbons (Fsp3) is 0.524. The first kappa shape index (κ1) is 24.5. The second-order valence-electron chi connectivity index (χ2n) is 8.14. The Balaban J connectivity index is 2.00. The van der Waals surface area contributed by atoms with Gasteiger partial charge in [0.1, 0.15) is 28.0 Å². The van der Waals surface area contributed by atoms with Gasteiger partial charge in [0, 0.05) is 12.5 Å². The summed E-state index contributed by atoms with van der Waals surface area (Å²) in [7, 11) is 11.8. The van der Waals surface area contributed by atoms with Crippen molar-refractivity contribution >= 4 is 39.9 Å². The molecule has 8 nitrogen and oxygen atoms in total. The number of ether oxygens (including phenoxy) is 1. The van der Waals surface area contributed by atoms with Gasteiger partial charge in [-0.25, -0.2) is 4.79 Å². The molecule has 0 unspecified atom stereocenters. The lowest BCUT2D eigenvalue weighted by Gasteiger charge is -2.29. The normalized spacial score (nSPS) is 18.0. The first-order valence-corrected chi connectivity index (χ1v) is 10.3. The molecule has 1 fully saturated rings. The molecular weight excluding hydrogens is 396 g/mol. The van der Waals surface area contributed by atoms with Crippen molar-refractivity contribution in [2.45, 2.75) is 50.6 Å². The number of aldehydes is 1. The van der Waals surface area contributed by atoms with Crippen molar-refractivity contribution < 1.29 is 23.9 Å². The van der Waals surface area contributed by atoms with E-state index in [0.717, 1.165) is 0 Å². The van der Waals surface area contributed by atoms with Crippen LogP contribution in [0.1, 0.15) is 38.7 Å². The van der Waals surface area contributed by atoms with E-state index >= 15 is 0 Å². The Morgan fingerprint density at radius 2 is 1.94 bits per heavy atom. The van der Waals surface area contributed by atoms with E-state index in [0.29, 0.717) is 31.2 Å². The van der Waals surface area contributed by atoms with E-state index in [2.05, 4.69) is 16.0 Å². The highest BCUT2D eigenvalue weighted by atomic mass is 16.6. The lowest BCUT2D eigenvalue weighted by atomic mass is 9.61. The van der Waals surface area contributed by atoms with E-state index in [1.54, 1.807) is 30.3 Å². The number of nitrogens with one attached hydrogen (secondary N) is 3. The minimum Gasteiger partial charge on any atom is -0.459 e. The number of carbonyl (C=O) groups excluding carboxylic acids is 4. The van der Waals surface area contributed by atoms with Crippen LogP contribution in [-0.2, 0) is 24.5 Å². The highest BCUT2D eigenvalue weighted by Gasteiger charge is 2.31. The molecule has 3 atom stereocenters. The average Bonchev–Trinajstić information content (AvgIpc) is 3.11. The minimum atomic E-state index is -1.88. The summed E-state index contributed by atoms with van der Waals surface area (Å²) < 4.78 is 5.14. The summed E-state index contributed by atoms with van der Waals surface area (Å²) in [5, 5.41) is 5.89. The van der Waals surface area contributed by atoms with Gasteiger partial charge in [-0.2, -0.15) is 0 Å². The summed E-state index contributed by atoms with van der Waals surface area (Å²) in [6, 6.07) is 6.56. The Bertz CT molecular complexity index is 788. The van der Waals surface area contributed by atoms with Crippen molar-refractivity contribution in [2.75, 3.05) is 6.54 Å². The van der Waals surface area contributed by atoms with Crippen molar-refractivity contribution in [3.8, 4) is 0 Å². The topological polar surface area (TPSA) is 114 Å². The number of alkyl carbamates (subject to hydrolysis) is 1. The Hall–Kier alpha value is -2.77. The molecule has 10 heteroatoms. The summed E-state index contributed by atoms with van der Waals surface area (Å²) in [5.74, 6) is -0.968. The fourth-order valence-corrected chi connectivity index (χ4v) is 3.39. The maximum Gasteiger partial charge on any atom is 0.407 e. The van der Waals surface area contributed by atoms with Gasteiger partial charge in [-0.3, -0.25) is 9.59 Å². The quantitative estimate of drug-likeness (QED) is 0.375. The lowest BCUT2D eigenvalue weighted by Crippen LogP contribution is -2.52. The molecule has 1 aliphatic heterocycles. The van der Waals surface area contributed by atoms with E-state index in [9.17, 15) is 19.2 Å². The summed E-state index contributed by atoms with van der Waals surface area (Å²) in [6.45, 7) is 4.31. The van der Waals surface area contributed by atoms with Crippen molar-refractivity contribution in [1.29, 1.82) is 0 Å². The monoisotopic (exact) mass is 423 g/mol. The van der Waals surface area contributed by atoms with Crippen LogP contribution in [0.3, 0.4) is 0 Å². The smallest absolute Gasteiger partial charge is 0.407 e. The Morgan fingerprint density at radius 1 is 1.26 bits per heavy atom. The van der Waals surface area contributed by atoms with Crippen LogP contribution in [0.15, 0.2) is 30.3 Å². The fourth-order valence-electron chi connectivity index (χ4n) is 3.39. The lowest BCUT2D eigenvalue weighted by molar-refractivity contribution is -0.127. The van der Waals surface area contributed by atoms with Crippen LogP contribution in [0.2, 0.25) is 0 Å². The molecule has 1 aromatic carbocycles. The molecule has 1 aromatic rings. The van der Waals surface area contributed by atoms with Crippen molar-refractivity contribution in [3.05, 3.63) is 35.9 Å². The van der Waals surface area contributed by atoms with Gasteiger partial charge >= 0.3 is 6.09 Å². The standard InChI is InChI=1S/C21H27B2N3O5/c1-13(2)10-17(19(29)25-16(12-27)11-14-8-9-24-18(14)28)26-20(30)31-21(22,23)15-6-4-3-5-7-15/h3-7,12-14,16-17H,8-11H2,1-2H3,(H,24,28)(H,25,29)(H,26,30)/t14-,16-,17-/m0/s1. The number of amides is 3. The summed E-state index contributed by atoms with van der Waals surface area (Å²) in [6.07, 6.45) is 0.724. The maximum absolute atomic E-state index is 12.8. The minimum absolute atomic E-state index is 0.0565. The van der Waals surface area contributed by atoms with E-state index in [1.807, 2.05) is 13.8 Å². The third-order valence-electron chi connectivity index (χ3n) is 5.00. The van der Waals surface area contributed by atoms with Gasteiger partial charge in [0.15, 0.2) is 0 Å². The molecule has 0 bridgehead atoms. The molecule has 3 amide bonds. The van der Waals surface area contributed by atoms with E-state index in [-0.39, 0.29) is 24.2 Å². The van der Waals surface area contributed by atoms with Crippen LogP contribution >= 0.6 is 0 Å². The van der Waals surface area contributed by atoms with E-state index in [1.165, 1.54) is 0 Å². The van der Waals surface area contributed by atoms with E-state index < -0.39 is 29.5 Å². The molecule has 4 radical (unpaired) electrons. The molecule has 3 N–H and O–H groups in total. The van der Waals surface area contributed by atoms with Gasteiger partial charge in [-0.05, 0) is 30.7 Å². The van der Waals surface area contributed by atoms with Crippen LogP contribution < -0.4 is 16.0 Å². The predicted molar refractivity (Wildman–Crippen MR) is 116 cm³/mol. The van der Waals surface area contributed by atoms with Crippen molar-refractivity contribution in [3.63, 3.8) is 0 Å². The van der Waals surface area contributed by atoms with Crippen LogP contribution in [-0.4, -0.2) is 58.5 Å². The second-order valence-corrected chi connectivity index (χ2v) is 8.14. The molecule has 0 saturated carbocycles. The molecular formula is C21H27B2N3O5. The Labute approximate surface area is 185 Å². The second kappa shape index (κ2) is 11.0. The van der Waals surface area contributed by atoms with E-state index in [4.69, 9.17) is 20.4 Å². The highest BCUT2D eigenvalue weighted by molar-refractivity contribution is 6.39. The zero-order valence-electron chi connectivity index (χ0n) is 17.8. The predicted octanol–water partition coefficient (Wildman–Crippen LogP) is 0.485. The SMILES string of the molecule is [B]C([B])(OC(=O)N[C@@H](CC(C)C)C(=O)N[C@H](C=O)C[C@@H]1CCNC1=O)c1ccccc1.